The third-order valence-electron chi connectivity index (χ3n) is 3.32. The lowest BCUT2D eigenvalue weighted by molar-refractivity contribution is 0.524. The first-order chi connectivity index (χ1) is 9.34. The first-order valence-corrected chi connectivity index (χ1v) is 8.42. The van der Waals surface area contributed by atoms with Crippen LogP contribution in [-0.2, 0) is 10.0 Å². The van der Waals surface area contributed by atoms with E-state index in [0.29, 0.717) is 17.1 Å². The predicted octanol–water partition coefficient (Wildman–Crippen LogP) is 1.67. The average Bonchev–Trinajstić information content (AvgIpc) is 3.12. The summed E-state index contributed by atoms with van der Waals surface area (Å²) in [5.41, 5.74) is 5.97. The van der Waals surface area contributed by atoms with Crippen molar-refractivity contribution in [3.05, 3.63) is 24.3 Å². The van der Waals surface area contributed by atoms with Crippen molar-refractivity contribution in [3.8, 4) is 0 Å². The Bertz CT molecular complexity index is 566. The molecule has 2 rings (SSSR count). The van der Waals surface area contributed by atoms with Gasteiger partial charge >= 0.3 is 0 Å². The molecule has 1 aromatic carbocycles. The van der Waals surface area contributed by atoms with Crippen molar-refractivity contribution in [2.75, 3.05) is 11.9 Å². The molecule has 0 spiro atoms. The van der Waals surface area contributed by atoms with Crippen molar-refractivity contribution in [3.63, 3.8) is 0 Å². The average molecular weight is 297 g/mol. The molecule has 0 bridgehead atoms. The molecule has 1 aliphatic rings. The van der Waals surface area contributed by atoms with Gasteiger partial charge in [-0.2, -0.15) is 0 Å². The Hall–Kier alpha value is -1.11. The monoisotopic (exact) mass is 297 g/mol. The summed E-state index contributed by atoms with van der Waals surface area (Å²) in [4.78, 5) is 0.303. The Balaban J connectivity index is 2.25. The number of rotatable bonds is 7. The molecule has 1 aromatic rings. The summed E-state index contributed by atoms with van der Waals surface area (Å²) in [6, 6.07) is 7.09. The standard InChI is InChI=1S/C14H23N3O2S/c1-14(2,9-10-15)16-12-5-3-4-6-13(12)20(18,19)17-11-7-8-11/h3-6,11,16-17H,7-10,15H2,1-2H3. The zero-order valence-electron chi connectivity index (χ0n) is 12.0. The fourth-order valence-corrected chi connectivity index (χ4v) is 3.54. The second kappa shape index (κ2) is 5.71. The summed E-state index contributed by atoms with van der Waals surface area (Å²) >= 11 is 0. The molecule has 0 atom stereocenters. The molecule has 0 amide bonds. The van der Waals surface area contributed by atoms with E-state index in [9.17, 15) is 8.42 Å². The van der Waals surface area contributed by atoms with E-state index in [2.05, 4.69) is 10.0 Å². The Morgan fingerprint density at radius 3 is 2.55 bits per heavy atom. The van der Waals surface area contributed by atoms with E-state index in [0.717, 1.165) is 19.3 Å². The molecule has 0 radical (unpaired) electrons. The maximum absolute atomic E-state index is 12.4. The zero-order chi connectivity index (χ0) is 14.8. The Morgan fingerprint density at radius 1 is 1.30 bits per heavy atom. The number of nitrogens with two attached hydrogens (primary N) is 1. The van der Waals surface area contributed by atoms with Crippen LogP contribution in [0.25, 0.3) is 0 Å². The minimum absolute atomic E-state index is 0.102. The van der Waals surface area contributed by atoms with E-state index in [1.807, 2.05) is 19.9 Å². The highest BCUT2D eigenvalue weighted by Crippen LogP contribution is 2.28. The van der Waals surface area contributed by atoms with Gasteiger partial charge in [-0.15, -0.1) is 0 Å². The fourth-order valence-electron chi connectivity index (χ4n) is 2.08. The molecule has 0 heterocycles. The summed E-state index contributed by atoms with van der Waals surface area (Å²) in [6.07, 6.45) is 2.61. The predicted molar refractivity (Wildman–Crippen MR) is 81.2 cm³/mol. The summed E-state index contributed by atoms with van der Waals surface area (Å²) in [5.74, 6) is 0. The lowest BCUT2D eigenvalue weighted by Gasteiger charge is -2.28. The van der Waals surface area contributed by atoms with Crippen LogP contribution < -0.4 is 15.8 Å². The number of benzene rings is 1. The molecule has 1 fully saturated rings. The minimum atomic E-state index is -3.46. The Morgan fingerprint density at radius 2 is 1.95 bits per heavy atom. The van der Waals surface area contributed by atoms with Gasteiger partial charge < -0.3 is 11.1 Å². The van der Waals surface area contributed by atoms with Crippen LogP contribution in [-0.4, -0.2) is 26.5 Å². The van der Waals surface area contributed by atoms with Gasteiger partial charge in [0.1, 0.15) is 4.90 Å². The first-order valence-electron chi connectivity index (χ1n) is 6.94. The maximum Gasteiger partial charge on any atom is 0.242 e. The van der Waals surface area contributed by atoms with Gasteiger partial charge in [-0.25, -0.2) is 13.1 Å². The van der Waals surface area contributed by atoms with E-state index >= 15 is 0 Å². The maximum atomic E-state index is 12.4. The van der Waals surface area contributed by atoms with Gasteiger partial charge in [0.15, 0.2) is 0 Å². The molecule has 0 aromatic heterocycles. The zero-order valence-corrected chi connectivity index (χ0v) is 12.8. The summed E-state index contributed by atoms with van der Waals surface area (Å²) in [5, 5.41) is 3.29. The van der Waals surface area contributed by atoms with Crippen molar-refractivity contribution >= 4 is 15.7 Å². The minimum Gasteiger partial charge on any atom is -0.379 e. The van der Waals surface area contributed by atoms with E-state index in [1.54, 1.807) is 18.2 Å². The van der Waals surface area contributed by atoms with Crippen LogP contribution in [0.15, 0.2) is 29.2 Å². The molecule has 20 heavy (non-hydrogen) atoms. The number of para-hydroxylation sites is 1. The van der Waals surface area contributed by atoms with Crippen molar-refractivity contribution in [2.45, 2.75) is 49.6 Å². The van der Waals surface area contributed by atoms with Gasteiger partial charge in [-0.3, -0.25) is 0 Å². The molecule has 0 aliphatic heterocycles. The quantitative estimate of drug-likeness (QED) is 0.715. The molecule has 0 saturated heterocycles. The van der Waals surface area contributed by atoms with E-state index < -0.39 is 10.0 Å². The molecule has 1 aliphatic carbocycles. The van der Waals surface area contributed by atoms with E-state index in [4.69, 9.17) is 5.73 Å². The first kappa shape index (κ1) is 15.3. The molecule has 1 saturated carbocycles. The summed E-state index contributed by atoms with van der Waals surface area (Å²) in [7, 11) is -3.46. The van der Waals surface area contributed by atoms with E-state index in [1.165, 1.54) is 0 Å². The molecular formula is C14H23N3O2S. The highest BCUT2D eigenvalue weighted by molar-refractivity contribution is 7.89. The van der Waals surface area contributed by atoms with Crippen molar-refractivity contribution in [1.29, 1.82) is 0 Å². The van der Waals surface area contributed by atoms with Crippen LogP contribution in [0.2, 0.25) is 0 Å². The smallest absolute Gasteiger partial charge is 0.242 e. The van der Waals surface area contributed by atoms with Crippen LogP contribution in [0.1, 0.15) is 33.1 Å². The second-order valence-electron chi connectivity index (χ2n) is 5.94. The molecule has 4 N–H and O–H groups in total. The summed E-state index contributed by atoms with van der Waals surface area (Å²) in [6.45, 7) is 4.57. The van der Waals surface area contributed by atoms with Gasteiger partial charge in [-0.05, 0) is 51.8 Å². The van der Waals surface area contributed by atoms with Crippen LogP contribution in [0.4, 0.5) is 5.69 Å². The van der Waals surface area contributed by atoms with Crippen LogP contribution in [0, 0.1) is 0 Å². The van der Waals surface area contributed by atoms with Crippen LogP contribution >= 0.6 is 0 Å². The normalized spacial score (nSPS) is 16.1. The third kappa shape index (κ3) is 3.94. The van der Waals surface area contributed by atoms with Gasteiger partial charge in [0.25, 0.3) is 0 Å². The lowest BCUT2D eigenvalue weighted by Crippen LogP contribution is -2.35. The highest BCUT2D eigenvalue weighted by atomic mass is 32.2. The van der Waals surface area contributed by atoms with Gasteiger partial charge in [0.05, 0.1) is 5.69 Å². The number of nitrogens with one attached hydrogen (secondary N) is 2. The van der Waals surface area contributed by atoms with Crippen LogP contribution in [0.5, 0.6) is 0 Å². The third-order valence-corrected chi connectivity index (χ3v) is 4.90. The number of anilines is 1. The van der Waals surface area contributed by atoms with Gasteiger partial charge in [-0.1, -0.05) is 12.1 Å². The Kier molecular flexibility index (Phi) is 4.36. The lowest BCUT2D eigenvalue weighted by atomic mass is 10.0. The SMILES string of the molecule is CC(C)(CCN)Nc1ccccc1S(=O)(=O)NC1CC1. The number of sulfonamides is 1. The van der Waals surface area contributed by atoms with Gasteiger partial charge in [0, 0.05) is 11.6 Å². The number of hydrogen-bond acceptors (Lipinski definition) is 4. The van der Waals surface area contributed by atoms with Crippen molar-refractivity contribution < 1.29 is 8.42 Å². The summed E-state index contributed by atoms with van der Waals surface area (Å²) < 4.78 is 27.5. The van der Waals surface area contributed by atoms with Gasteiger partial charge in [0.2, 0.25) is 10.0 Å². The topological polar surface area (TPSA) is 84.2 Å². The van der Waals surface area contributed by atoms with Crippen molar-refractivity contribution in [1.82, 2.24) is 4.72 Å². The second-order valence-corrected chi connectivity index (χ2v) is 7.62. The highest BCUT2D eigenvalue weighted by Gasteiger charge is 2.30. The molecular weight excluding hydrogens is 274 g/mol. The largest absolute Gasteiger partial charge is 0.379 e. The number of hydrogen-bond donors (Lipinski definition) is 3. The van der Waals surface area contributed by atoms with E-state index in [-0.39, 0.29) is 11.6 Å². The van der Waals surface area contributed by atoms with Crippen molar-refractivity contribution in [2.24, 2.45) is 5.73 Å². The molecule has 112 valence electrons. The molecule has 5 nitrogen and oxygen atoms in total. The Labute approximate surface area is 121 Å². The fraction of sp³-hybridized carbons (Fsp3) is 0.571. The van der Waals surface area contributed by atoms with Crippen LogP contribution in [0.3, 0.4) is 0 Å². The molecule has 6 heteroatoms. The molecule has 0 unspecified atom stereocenters.